The van der Waals surface area contributed by atoms with E-state index < -0.39 is 0 Å². The Kier molecular flexibility index (Phi) is 5.90. The summed E-state index contributed by atoms with van der Waals surface area (Å²) in [4.78, 5) is 14.7. The minimum atomic E-state index is -0.318. The van der Waals surface area contributed by atoms with Gasteiger partial charge in [-0.2, -0.15) is 0 Å². The van der Waals surface area contributed by atoms with E-state index >= 15 is 0 Å². The van der Waals surface area contributed by atoms with E-state index in [1.807, 2.05) is 54.6 Å². The normalized spacial score (nSPS) is 15.0. The predicted octanol–water partition coefficient (Wildman–Crippen LogP) is 3.01. The number of aliphatic hydroxyl groups is 1. The summed E-state index contributed by atoms with van der Waals surface area (Å²) in [5.41, 5.74) is 2.94. The largest absolute Gasteiger partial charge is 0.394 e. The molecule has 3 rings (SSSR count). The molecule has 0 spiro atoms. The first-order valence-electron chi connectivity index (χ1n) is 8.82. The molecule has 2 aromatic rings. The quantitative estimate of drug-likeness (QED) is 0.758. The van der Waals surface area contributed by atoms with Crippen LogP contribution in [0.3, 0.4) is 0 Å². The van der Waals surface area contributed by atoms with Crippen molar-refractivity contribution in [3.8, 4) is 0 Å². The lowest BCUT2D eigenvalue weighted by Crippen LogP contribution is -2.41. The number of para-hydroxylation sites is 2. The molecule has 2 aromatic carbocycles. The number of aliphatic hydroxyl groups excluding tert-OH is 1. The average molecular weight is 339 g/mol. The lowest BCUT2D eigenvalue weighted by molar-refractivity contribution is 0.224. The van der Waals surface area contributed by atoms with Gasteiger partial charge in [-0.15, -0.1) is 0 Å². The molecular weight excluding hydrogens is 314 g/mol. The Morgan fingerprint density at radius 3 is 2.44 bits per heavy atom. The van der Waals surface area contributed by atoms with Crippen molar-refractivity contribution in [1.82, 2.24) is 5.32 Å². The van der Waals surface area contributed by atoms with Crippen molar-refractivity contribution in [3.63, 3.8) is 0 Å². The Balaban J connectivity index is 1.62. The van der Waals surface area contributed by atoms with Gasteiger partial charge in [-0.25, -0.2) is 4.79 Å². The highest BCUT2D eigenvalue weighted by Gasteiger charge is 2.17. The fraction of sp³-hybridized carbons (Fsp3) is 0.350. The summed E-state index contributed by atoms with van der Waals surface area (Å²) in [6.45, 7) is 1.94. The van der Waals surface area contributed by atoms with Crippen molar-refractivity contribution >= 4 is 17.4 Å². The zero-order valence-electron chi connectivity index (χ0n) is 14.3. The van der Waals surface area contributed by atoms with Gasteiger partial charge in [0.25, 0.3) is 0 Å². The zero-order chi connectivity index (χ0) is 17.5. The zero-order valence-corrected chi connectivity index (χ0v) is 14.3. The molecule has 5 nitrogen and oxygen atoms in total. The van der Waals surface area contributed by atoms with E-state index in [2.05, 4.69) is 15.5 Å². The van der Waals surface area contributed by atoms with E-state index in [4.69, 9.17) is 0 Å². The second-order valence-electron chi connectivity index (χ2n) is 6.38. The summed E-state index contributed by atoms with van der Waals surface area (Å²) >= 11 is 0. The van der Waals surface area contributed by atoms with Gasteiger partial charge >= 0.3 is 6.03 Å². The van der Waals surface area contributed by atoms with Crippen LogP contribution in [0.5, 0.6) is 0 Å². The lowest BCUT2D eigenvalue weighted by Gasteiger charge is -2.22. The molecule has 5 heteroatoms. The van der Waals surface area contributed by atoms with E-state index in [0.717, 1.165) is 30.0 Å². The molecule has 1 atom stereocenters. The number of benzene rings is 2. The number of hydrogen-bond donors (Lipinski definition) is 3. The van der Waals surface area contributed by atoms with E-state index in [1.54, 1.807) is 0 Å². The molecule has 0 bridgehead atoms. The lowest BCUT2D eigenvalue weighted by atomic mass is 10.1. The Labute approximate surface area is 148 Å². The highest BCUT2D eigenvalue weighted by molar-refractivity contribution is 5.93. The number of carbonyl (C=O) groups excluding carboxylic acids is 1. The Morgan fingerprint density at radius 2 is 1.72 bits per heavy atom. The second kappa shape index (κ2) is 8.53. The molecule has 0 saturated carbocycles. The molecule has 1 aliphatic rings. The van der Waals surface area contributed by atoms with E-state index in [0.29, 0.717) is 6.42 Å². The van der Waals surface area contributed by atoms with Crippen molar-refractivity contribution in [1.29, 1.82) is 0 Å². The van der Waals surface area contributed by atoms with Crippen LogP contribution in [0.4, 0.5) is 16.2 Å². The van der Waals surface area contributed by atoms with Crippen LogP contribution in [0.1, 0.15) is 18.4 Å². The smallest absolute Gasteiger partial charge is 0.319 e. The van der Waals surface area contributed by atoms with Gasteiger partial charge < -0.3 is 20.6 Å². The number of urea groups is 1. The molecule has 0 aromatic heterocycles. The topological polar surface area (TPSA) is 64.6 Å². The minimum Gasteiger partial charge on any atom is -0.394 e. The number of nitrogens with zero attached hydrogens (tertiary/aromatic N) is 1. The summed E-state index contributed by atoms with van der Waals surface area (Å²) in [6, 6.07) is 17.1. The van der Waals surface area contributed by atoms with Gasteiger partial charge in [0.2, 0.25) is 0 Å². The molecule has 1 fully saturated rings. The van der Waals surface area contributed by atoms with Gasteiger partial charge in [-0.3, -0.25) is 0 Å². The molecule has 1 aliphatic heterocycles. The fourth-order valence-corrected chi connectivity index (χ4v) is 3.22. The number of nitrogens with one attached hydrogen (secondary N) is 2. The highest BCUT2D eigenvalue weighted by Crippen LogP contribution is 2.28. The standard InChI is InChI=1S/C20H25N3O2/c24-15-17(14-16-8-2-1-3-9-16)21-20(25)22-18-10-4-5-11-19(18)23-12-6-7-13-23/h1-5,8-11,17,24H,6-7,12-15H2,(H2,21,22,25)/t17-/m1/s1. The highest BCUT2D eigenvalue weighted by atomic mass is 16.3. The van der Waals surface area contributed by atoms with E-state index in [9.17, 15) is 9.90 Å². The maximum Gasteiger partial charge on any atom is 0.319 e. The number of hydrogen-bond acceptors (Lipinski definition) is 3. The van der Waals surface area contributed by atoms with Crippen LogP contribution < -0.4 is 15.5 Å². The number of carbonyl (C=O) groups is 1. The molecular formula is C20H25N3O2. The molecule has 0 aliphatic carbocycles. The third-order valence-electron chi connectivity index (χ3n) is 4.48. The third-order valence-corrected chi connectivity index (χ3v) is 4.48. The monoisotopic (exact) mass is 339 g/mol. The summed E-state index contributed by atoms with van der Waals surface area (Å²) in [6.07, 6.45) is 2.97. The van der Waals surface area contributed by atoms with Crippen LogP contribution in [-0.4, -0.2) is 36.9 Å². The van der Waals surface area contributed by atoms with Crippen LogP contribution in [0.25, 0.3) is 0 Å². The second-order valence-corrected chi connectivity index (χ2v) is 6.38. The molecule has 0 radical (unpaired) electrons. The number of amides is 2. The maximum atomic E-state index is 12.4. The predicted molar refractivity (Wildman–Crippen MR) is 101 cm³/mol. The van der Waals surface area contributed by atoms with Gasteiger partial charge in [-0.1, -0.05) is 42.5 Å². The first kappa shape index (κ1) is 17.3. The fourth-order valence-electron chi connectivity index (χ4n) is 3.22. The average Bonchev–Trinajstić information content (AvgIpc) is 3.17. The van der Waals surface area contributed by atoms with Gasteiger partial charge in [0.1, 0.15) is 0 Å². The summed E-state index contributed by atoms with van der Waals surface area (Å²) in [5, 5.41) is 15.4. The molecule has 1 saturated heterocycles. The van der Waals surface area contributed by atoms with Gasteiger partial charge in [0.05, 0.1) is 24.0 Å². The summed E-state index contributed by atoms with van der Waals surface area (Å²) < 4.78 is 0. The van der Waals surface area contributed by atoms with E-state index in [-0.39, 0.29) is 18.7 Å². The van der Waals surface area contributed by atoms with Crippen molar-refractivity contribution in [2.24, 2.45) is 0 Å². The summed E-state index contributed by atoms with van der Waals surface area (Å²) in [5.74, 6) is 0. The van der Waals surface area contributed by atoms with Gasteiger partial charge in [0.15, 0.2) is 0 Å². The van der Waals surface area contributed by atoms with Crippen molar-refractivity contribution in [2.45, 2.75) is 25.3 Å². The van der Waals surface area contributed by atoms with Gasteiger partial charge in [0, 0.05) is 13.1 Å². The van der Waals surface area contributed by atoms with Crippen molar-refractivity contribution in [2.75, 3.05) is 29.9 Å². The van der Waals surface area contributed by atoms with Gasteiger partial charge in [-0.05, 0) is 37.0 Å². The molecule has 132 valence electrons. The molecule has 3 N–H and O–H groups in total. The minimum absolute atomic E-state index is 0.101. The first-order valence-corrected chi connectivity index (χ1v) is 8.82. The Morgan fingerprint density at radius 1 is 1.04 bits per heavy atom. The summed E-state index contributed by atoms with van der Waals surface area (Å²) in [7, 11) is 0. The first-order chi connectivity index (χ1) is 12.3. The molecule has 2 amide bonds. The van der Waals surface area contributed by atoms with Crippen LogP contribution >= 0.6 is 0 Å². The molecule has 0 unspecified atom stereocenters. The van der Waals surface area contributed by atoms with E-state index in [1.165, 1.54) is 12.8 Å². The van der Waals surface area contributed by atoms with Crippen molar-refractivity contribution < 1.29 is 9.90 Å². The van der Waals surface area contributed by atoms with Crippen LogP contribution in [0.15, 0.2) is 54.6 Å². The van der Waals surface area contributed by atoms with Crippen LogP contribution in [0.2, 0.25) is 0 Å². The molecule has 25 heavy (non-hydrogen) atoms. The Bertz CT molecular complexity index is 684. The van der Waals surface area contributed by atoms with Crippen LogP contribution in [0, 0.1) is 0 Å². The number of anilines is 2. The van der Waals surface area contributed by atoms with Crippen LogP contribution in [-0.2, 0) is 6.42 Å². The SMILES string of the molecule is O=C(Nc1ccccc1N1CCCC1)N[C@@H](CO)Cc1ccccc1. The van der Waals surface area contributed by atoms with Crippen molar-refractivity contribution in [3.05, 3.63) is 60.2 Å². The molecule has 1 heterocycles. The number of rotatable bonds is 6. The third kappa shape index (κ3) is 4.73. The maximum absolute atomic E-state index is 12.4. The Hall–Kier alpha value is -2.53.